The molecule has 0 aromatic heterocycles. The van der Waals surface area contributed by atoms with E-state index in [1.807, 2.05) is 6.92 Å². The van der Waals surface area contributed by atoms with Gasteiger partial charge in [-0.15, -0.1) is 12.4 Å². The summed E-state index contributed by atoms with van der Waals surface area (Å²) in [7, 11) is -2.35. The Morgan fingerprint density at radius 1 is 1.41 bits per heavy atom. The predicted octanol–water partition coefficient (Wildman–Crippen LogP) is 1.19. The van der Waals surface area contributed by atoms with Crippen molar-refractivity contribution in [1.29, 1.82) is 0 Å². The summed E-state index contributed by atoms with van der Waals surface area (Å²) in [6, 6.07) is 4.48. The lowest BCUT2D eigenvalue weighted by molar-refractivity contribution is 0.0600. The number of carbonyl (C=O) groups excluding carboxylic acids is 1. The molecule has 0 radical (unpaired) electrons. The largest absolute Gasteiger partial charge is 0.465 e. The topological polar surface area (TPSA) is 75.7 Å². The standard InChI is InChI=1S/C14H20N2O4S.ClH/c1-10-4-5-12(14(17)20-3)8-13(10)21(18,19)16-7-6-15-9-11(16)2;/h4-5,8,11,15H,6-7,9H2,1-3H3;1H/t11-;/m1./s1. The van der Waals surface area contributed by atoms with Gasteiger partial charge in [-0.3, -0.25) is 0 Å². The van der Waals surface area contributed by atoms with Crippen LogP contribution in [-0.4, -0.2) is 51.5 Å². The second-order valence-electron chi connectivity index (χ2n) is 5.14. The molecule has 1 fully saturated rings. The zero-order valence-corrected chi connectivity index (χ0v) is 14.5. The first-order valence-electron chi connectivity index (χ1n) is 6.79. The summed E-state index contributed by atoms with van der Waals surface area (Å²) < 4.78 is 31.8. The van der Waals surface area contributed by atoms with Gasteiger partial charge in [-0.05, 0) is 31.5 Å². The van der Waals surface area contributed by atoms with Crippen LogP contribution in [0.4, 0.5) is 0 Å². The number of piperazine rings is 1. The van der Waals surface area contributed by atoms with Gasteiger partial charge in [0.05, 0.1) is 17.6 Å². The van der Waals surface area contributed by atoms with Gasteiger partial charge >= 0.3 is 5.97 Å². The van der Waals surface area contributed by atoms with Gasteiger partial charge in [-0.2, -0.15) is 4.31 Å². The minimum absolute atomic E-state index is 0. The summed E-state index contributed by atoms with van der Waals surface area (Å²) in [5.41, 5.74) is 0.859. The smallest absolute Gasteiger partial charge is 0.337 e. The van der Waals surface area contributed by atoms with Gasteiger partial charge in [0.1, 0.15) is 0 Å². The van der Waals surface area contributed by atoms with E-state index in [0.717, 1.165) is 0 Å². The molecule has 0 saturated carbocycles. The van der Waals surface area contributed by atoms with Crippen molar-refractivity contribution < 1.29 is 17.9 Å². The first kappa shape index (κ1) is 18.9. The van der Waals surface area contributed by atoms with Crippen molar-refractivity contribution in [3.05, 3.63) is 29.3 Å². The molecule has 6 nitrogen and oxygen atoms in total. The average molecular weight is 349 g/mol. The summed E-state index contributed by atoms with van der Waals surface area (Å²) in [6.45, 7) is 5.25. The van der Waals surface area contributed by atoms with E-state index in [1.165, 1.54) is 17.5 Å². The summed E-state index contributed by atoms with van der Waals surface area (Å²) >= 11 is 0. The van der Waals surface area contributed by atoms with Gasteiger partial charge in [-0.1, -0.05) is 6.07 Å². The number of hydrogen-bond donors (Lipinski definition) is 1. The van der Waals surface area contributed by atoms with E-state index >= 15 is 0 Å². The van der Waals surface area contributed by atoms with E-state index in [4.69, 9.17) is 0 Å². The van der Waals surface area contributed by atoms with Crippen LogP contribution in [-0.2, 0) is 14.8 Å². The fraction of sp³-hybridized carbons (Fsp3) is 0.500. The first-order chi connectivity index (χ1) is 9.87. The number of sulfonamides is 1. The maximum absolute atomic E-state index is 12.8. The Hall–Kier alpha value is -1.15. The van der Waals surface area contributed by atoms with Crippen LogP contribution in [0.5, 0.6) is 0 Å². The Morgan fingerprint density at radius 3 is 2.68 bits per heavy atom. The number of aryl methyl sites for hydroxylation is 1. The molecule has 124 valence electrons. The number of ether oxygens (including phenoxy) is 1. The second kappa shape index (κ2) is 7.41. The molecule has 0 amide bonds. The molecular formula is C14H21ClN2O4S. The van der Waals surface area contributed by atoms with Crippen LogP contribution in [0.1, 0.15) is 22.8 Å². The van der Waals surface area contributed by atoms with Crippen LogP contribution in [0.3, 0.4) is 0 Å². The minimum Gasteiger partial charge on any atom is -0.465 e. The van der Waals surface area contributed by atoms with Crippen LogP contribution >= 0.6 is 12.4 Å². The number of carbonyl (C=O) groups is 1. The number of nitrogens with zero attached hydrogens (tertiary/aromatic N) is 1. The molecule has 0 spiro atoms. The van der Waals surface area contributed by atoms with Gasteiger partial charge in [0.25, 0.3) is 0 Å². The zero-order valence-electron chi connectivity index (χ0n) is 12.8. The molecule has 2 rings (SSSR count). The van der Waals surface area contributed by atoms with Crippen molar-refractivity contribution in [2.75, 3.05) is 26.7 Å². The third kappa shape index (κ3) is 3.60. The molecule has 1 aromatic carbocycles. The van der Waals surface area contributed by atoms with E-state index in [9.17, 15) is 13.2 Å². The fourth-order valence-electron chi connectivity index (χ4n) is 2.43. The Kier molecular flexibility index (Phi) is 6.37. The molecule has 1 saturated heterocycles. The van der Waals surface area contributed by atoms with Crippen LogP contribution in [0.2, 0.25) is 0 Å². The molecule has 1 aliphatic rings. The van der Waals surface area contributed by atoms with Crippen LogP contribution in [0, 0.1) is 6.92 Å². The minimum atomic E-state index is -3.62. The molecular weight excluding hydrogens is 328 g/mol. The number of esters is 1. The van der Waals surface area contributed by atoms with Crippen LogP contribution in [0.15, 0.2) is 23.1 Å². The molecule has 1 heterocycles. The molecule has 1 N–H and O–H groups in total. The number of methoxy groups -OCH3 is 1. The monoisotopic (exact) mass is 348 g/mol. The summed E-state index contributed by atoms with van der Waals surface area (Å²) in [5.74, 6) is -0.542. The molecule has 22 heavy (non-hydrogen) atoms. The van der Waals surface area contributed by atoms with E-state index in [-0.39, 0.29) is 28.9 Å². The van der Waals surface area contributed by atoms with E-state index in [1.54, 1.807) is 19.1 Å². The third-order valence-electron chi connectivity index (χ3n) is 3.64. The van der Waals surface area contributed by atoms with E-state index in [2.05, 4.69) is 10.1 Å². The van der Waals surface area contributed by atoms with Gasteiger partial charge in [0.2, 0.25) is 10.0 Å². The highest BCUT2D eigenvalue weighted by Gasteiger charge is 2.32. The molecule has 1 atom stereocenters. The Morgan fingerprint density at radius 2 is 2.09 bits per heavy atom. The first-order valence-corrected chi connectivity index (χ1v) is 8.23. The molecule has 0 unspecified atom stereocenters. The van der Waals surface area contributed by atoms with E-state index < -0.39 is 16.0 Å². The predicted molar refractivity (Wildman–Crippen MR) is 86.0 cm³/mol. The van der Waals surface area contributed by atoms with Crippen molar-refractivity contribution in [2.45, 2.75) is 24.8 Å². The zero-order chi connectivity index (χ0) is 15.6. The van der Waals surface area contributed by atoms with Crippen molar-refractivity contribution >= 4 is 28.4 Å². The fourth-order valence-corrected chi connectivity index (χ4v) is 4.31. The number of rotatable bonds is 3. The summed E-state index contributed by atoms with van der Waals surface area (Å²) in [4.78, 5) is 11.8. The van der Waals surface area contributed by atoms with Gasteiger partial charge in [0, 0.05) is 25.7 Å². The van der Waals surface area contributed by atoms with Crippen LogP contribution < -0.4 is 5.32 Å². The van der Waals surface area contributed by atoms with Gasteiger partial charge < -0.3 is 10.1 Å². The SMILES string of the molecule is COC(=O)c1ccc(C)c(S(=O)(=O)N2CCNC[C@H]2C)c1.Cl. The molecule has 1 aromatic rings. The highest BCUT2D eigenvalue weighted by molar-refractivity contribution is 7.89. The maximum Gasteiger partial charge on any atom is 0.337 e. The third-order valence-corrected chi connectivity index (χ3v) is 5.79. The highest BCUT2D eigenvalue weighted by Crippen LogP contribution is 2.24. The molecule has 8 heteroatoms. The summed E-state index contributed by atoms with van der Waals surface area (Å²) in [6.07, 6.45) is 0. The van der Waals surface area contributed by atoms with Crippen molar-refractivity contribution in [1.82, 2.24) is 9.62 Å². The number of benzene rings is 1. The number of hydrogen-bond acceptors (Lipinski definition) is 5. The molecule has 0 bridgehead atoms. The average Bonchev–Trinajstić information content (AvgIpc) is 2.47. The lowest BCUT2D eigenvalue weighted by Crippen LogP contribution is -2.52. The number of halogens is 1. The molecule has 0 aliphatic carbocycles. The normalized spacial score (nSPS) is 19.3. The highest BCUT2D eigenvalue weighted by atomic mass is 35.5. The quantitative estimate of drug-likeness (QED) is 0.830. The van der Waals surface area contributed by atoms with Crippen molar-refractivity contribution in [3.63, 3.8) is 0 Å². The van der Waals surface area contributed by atoms with Crippen LogP contribution in [0.25, 0.3) is 0 Å². The maximum atomic E-state index is 12.8. The van der Waals surface area contributed by atoms with Gasteiger partial charge in [0.15, 0.2) is 0 Å². The lowest BCUT2D eigenvalue weighted by atomic mass is 10.1. The Labute approximate surface area is 137 Å². The number of nitrogens with one attached hydrogen (secondary N) is 1. The van der Waals surface area contributed by atoms with E-state index in [0.29, 0.717) is 25.2 Å². The van der Waals surface area contributed by atoms with Gasteiger partial charge in [-0.25, -0.2) is 13.2 Å². The Balaban J connectivity index is 0.00000242. The Bertz CT molecular complexity index is 648. The van der Waals surface area contributed by atoms with Crippen molar-refractivity contribution in [3.8, 4) is 0 Å². The second-order valence-corrected chi connectivity index (χ2v) is 7.00. The summed E-state index contributed by atoms with van der Waals surface area (Å²) in [5, 5.41) is 3.16. The van der Waals surface area contributed by atoms with Crippen molar-refractivity contribution in [2.24, 2.45) is 0 Å². The lowest BCUT2D eigenvalue weighted by Gasteiger charge is -2.33. The molecule has 1 aliphatic heterocycles.